The maximum atomic E-state index is 13.1. The van der Waals surface area contributed by atoms with Crippen molar-refractivity contribution in [1.29, 1.82) is 0 Å². The summed E-state index contributed by atoms with van der Waals surface area (Å²) in [5, 5.41) is 10.6. The van der Waals surface area contributed by atoms with Crippen molar-refractivity contribution in [2.24, 2.45) is 17.8 Å². The summed E-state index contributed by atoms with van der Waals surface area (Å²) in [7, 11) is -9.92. The molecule has 588 valence electrons. The molecule has 0 bridgehead atoms. The number of rotatable bonds is 78. The molecule has 19 heteroatoms. The largest absolute Gasteiger partial charge is 0.472 e. The smallest absolute Gasteiger partial charge is 0.462 e. The molecule has 0 aromatic carbocycles. The van der Waals surface area contributed by atoms with E-state index in [-0.39, 0.29) is 25.7 Å². The molecule has 99 heavy (non-hydrogen) atoms. The highest BCUT2D eigenvalue weighted by Gasteiger charge is 2.30. The van der Waals surface area contributed by atoms with E-state index in [0.717, 1.165) is 108 Å². The van der Waals surface area contributed by atoms with E-state index in [4.69, 9.17) is 37.0 Å². The fourth-order valence-corrected chi connectivity index (χ4v) is 13.9. The number of phosphoric ester groups is 2. The second-order valence-electron chi connectivity index (χ2n) is 30.2. The lowest BCUT2D eigenvalue weighted by molar-refractivity contribution is -0.161. The van der Waals surface area contributed by atoms with Gasteiger partial charge in [-0.25, -0.2) is 9.13 Å². The van der Waals surface area contributed by atoms with Gasteiger partial charge in [-0.3, -0.25) is 37.3 Å². The van der Waals surface area contributed by atoms with Crippen molar-refractivity contribution in [1.82, 2.24) is 0 Å². The van der Waals surface area contributed by atoms with Crippen LogP contribution in [0.15, 0.2) is 0 Å². The maximum absolute atomic E-state index is 13.1. The van der Waals surface area contributed by atoms with Gasteiger partial charge in [0.05, 0.1) is 26.4 Å². The van der Waals surface area contributed by atoms with E-state index >= 15 is 0 Å². The first-order valence-electron chi connectivity index (χ1n) is 41.3. The van der Waals surface area contributed by atoms with Gasteiger partial charge in [0.15, 0.2) is 12.2 Å². The van der Waals surface area contributed by atoms with Gasteiger partial charge in [-0.15, -0.1) is 0 Å². The van der Waals surface area contributed by atoms with Crippen LogP contribution in [0.4, 0.5) is 0 Å². The van der Waals surface area contributed by atoms with Crippen molar-refractivity contribution in [2.45, 2.75) is 433 Å². The number of hydrogen-bond acceptors (Lipinski definition) is 15. The van der Waals surface area contributed by atoms with Gasteiger partial charge in [0.2, 0.25) is 0 Å². The lowest BCUT2D eigenvalue weighted by atomic mass is 10.0. The van der Waals surface area contributed by atoms with Crippen LogP contribution in [0.25, 0.3) is 0 Å². The molecule has 3 N–H and O–H groups in total. The van der Waals surface area contributed by atoms with Crippen LogP contribution in [0, 0.1) is 17.8 Å². The van der Waals surface area contributed by atoms with Gasteiger partial charge in [-0.05, 0) is 43.4 Å². The highest BCUT2D eigenvalue weighted by Crippen LogP contribution is 2.45. The second kappa shape index (κ2) is 70.4. The molecule has 0 radical (unpaired) electrons. The molecule has 0 aliphatic carbocycles. The molecule has 0 saturated heterocycles. The Morgan fingerprint density at radius 1 is 0.273 bits per heavy atom. The third-order valence-corrected chi connectivity index (χ3v) is 20.5. The molecule has 0 saturated carbocycles. The van der Waals surface area contributed by atoms with E-state index in [1.54, 1.807) is 0 Å². The molecule has 0 fully saturated rings. The molecule has 0 aromatic heterocycles. The summed E-state index contributed by atoms with van der Waals surface area (Å²) >= 11 is 0. The van der Waals surface area contributed by atoms with Gasteiger partial charge in [0.1, 0.15) is 19.3 Å². The minimum absolute atomic E-state index is 0.107. The Balaban J connectivity index is 5.25. The van der Waals surface area contributed by atoms with E-state index < -0.39 is 97.5 Å². The molecule has 5 atom stereocenters. The molecule has 0 heterocycles. The Hall–Kier alpha value is -1.94. The number of hydrogen-bond donors (Lipinski definition) is 3. The predicted octanol–water partition coefficient (Wildman–Crippen LogP) is 23.7. The number of phosphoric acid groups is 2. The molecule has 0 aliphatic rings. The minimum atomic E-state index is -4.96. The van der Waals surface area contributed by atoms with Gasteiger partial charge in [0, 0.05) is 25.7 Å². The van der Waals surface area contributed by atoms with Gasteiger partial charge in [-0.1, -0.05) is 363 Å². The van der Waals surface area contributed by atoms with Crippen LogP contribution in [0.3, 0.4) is 0 Å². The number of carbonyl (C=O) groups excluding carboxylic acids is 4. The standard InChI is InChI=1S/C80H156O17P2/c1-8-9-10-11-12-13-14-19-27-34-42-49-56-63-79(84)97-76(68-91-78(83)62-55-48-41-36-29-32-39-46-53-60-73(6)7)70-95-99(88,89)93-66-74(81)65-92-98(86,87)94-69-75(67-90-77(82)61-54-47-40-33-26-23-22-25-31-38-45-52-59-72(4)5)96-80(85)64-57-50-43-35-28-21-18-16-15-17-20-24-30-37-44-51-58-71(2)3/h71-76,81H,8-70H2,1-7H3,(H,86,87)(H,88,89)/t74-,75-,76-/m1/s1. The van der Waals surface area contributed by atoms with E-state index in [0.29, 0.717) is 25.7 Å². The van der Waals surface area contributed by atoms with Crippen LogP contribution in [0.1, 0.15) is 414 Å². The van der Waals surface area contributed by atoms with Crippen molar-refractivity contribution < 1.29 is 80.2 Å². The van der Waals surface area contributed by atoms with Gasteiger partial charge in [-0.2, -0.15) is 0 Å². The zero-order valence-electron chi connectivity index (χ0n) is 65.0. The average molecular weight is 1450 g/mol. The number of carbonyl (C=O) groups is 4. The summed E-state index contributed by atoms with van der Waals surface area (Å²) in [5.74, 6) is 0.224. The Morgan fingerprint density at radius 2 is 0.465 bits per heavy atom. The Labute approximate surface area is 607 Å². The third-order valence-electron chi connectivity index (χ3n) is 18.6. The maximum Gasteiger partial charge on any atom is 0.472 e. The summed E-state index contributed by atoms with van der Waals surface area (Å²) in [6, 6.07) is 0. The highest BCUT2D eigenvalue weighted by atomic mass is 31.2. The zero-order valence-corrected chi connectivity index (χ0v) is 66.8. The van der Waals surface area contributed by atoms with Crippen LogP contribution in [-0.2, 0) is 65.4 Å². The Kier molecular flexibility index (Phi) is 69.0. The SMILES string of the molecule is CCCCCCCCCCCCCCCC(=O)O[C@H](COC(=O)CCCCCCCCCCCC(C)C)COP(=O)(O)OC[C@H](O)COP(=O)(O)OC[C@@H](COC(=O)CCCCCCCCCCCCCCC(C)C)OC(=O)CCCCCCCCCCCCCCCCCCC(C)C. The van der Waals surface area contributed by atoms with Crippen molar-refractivity contribution >= 4 is 39.5 Å². The topological polar surface area (TPSA) is 237 Å². The summed E-state index contributed by atoms with van der Waals surface area (Å²) in [5.41, 5.74) is 0. The molecule has 2 unspecified atom stereocenters. The van der Waals surface area contributed by atoms with Crippen molar-refractivity contribution in [3.8, 4) is 0 Å². The lowest BCUT2D eigenvalue weighted by Crippen LogP contribution is -2.30. The molecule has 0 amide bonds. The quantitative estimate of drug-likeness (QED) is 0.0222. The minimum Gasteiger partial charge on any atom is -0.462 e. The number of esters is 4. The van der Waals surface area contributed by atoms with Gasteiger partial charge >= 0.3 is 39.5 Å². The van der Waals surface area contributed by atoms with Gasteiger partial charge < -0.3 is 33.8 Å². The number of aliphatic hydroxyl groups excluding tert-OH is 1. The van der Waals surface area contributed by atoms with E-state index in [2.05, 4.69) is 48.5 Å². The monoisotopic (exact) mass is 1450 g/mol. The fourth-order valence-electron chi connectivity index (χ4n) is 12.3. The molecule has 0 rings (SSSR count). The van der Waals surface area contributed by atoms with Crippen molar-refractivity contribution in [3.05, 3.63) is 0 Å². The normalized spacial score (nSPS) is 14.0. The summed E-state index contributed by atoms with van der Waals surface area (Å²) < 4.78 is 68.7. The zero-order chi connectivity index (χ0) is 73.0. The number of aliphatic hydroxyl groups is 1. The van der Waals surface area contributed by atoms with Crippen LogP contribution < -0.4 is 0 Å². The number of unbranched alkanes of at least 4 members (excludes halogenated alkanes) is 46. The van der Waals surface area contributed by atoms with E-state index in [1.807, 2.05) is 0 Å². The van der Waals surface area contributed by atoms with Crippen molar-refractivity contribution in [2.75, 3.05) is 39.6 Å². The number of ether oxygens (including phenoxy) is 4. The molecular formula is C80H156O17P2. The molecule has 0 aliphatic heterocycles. The van der Waals surface area contributed by atoms with Crippen LogP contribution in [-0.4, -0.2) is 96.7 Å². The third kappa shape index (κ3) is 74.1. The average Bonchev–Trinajstić information content (AvgIpc) is 1.16. The lowest BCUT2D eigenvalue weighted by Gasteiger charge is -2.21. The summed E-state index contributed by atoms with van der Waals surface area (Å²) in [6.07, 6.45) is 58.2. The Bertz CT molecular complexity index is 1920. The van der Waals surface area contributed by atoms with E-state index in [1.165, 1.54) is 225 Å². The summed E-state index contributed by atoms with van der Waals surface area (Å²) in [4.78, 5) is 73.0. The first-order chi connectivity index (χ1) is 47.7. The fraction of sp³-hybridized carbons (Fsp3) is 0.950. The second-order valence-corrected chi connectivity index (χ2v) is 33.1. The molecule has 0 spiro atoms. The van der Waals surface area contributed by atoms with Crippen LogP contribution in [0.2, 0.25) is 0 Å². The molecule has 0 aromatic rings. The first-order valence-corrected chi connectivity index (χ1v) is 44.3. The van der Waals surface area contributed by atoms with E-state index in [9.17, 15) is 43.2 Å². The molecular weight excluding hydrogens is 1290 g/mol. The van der Waals surface area contributed by atoms with Gasteiger partial charge in [0.25, 0.3) is 0 Å². The Morgan fingerprint density at radius 3 is 0.687 bits per heavy atom. The molecule has 17 nitrogen and oxygen atoms in total. The summed E-state index contributed by atoms with van der Waals surface area (Å²) in [6.45, 7) is 12.0. The van der Waals surface area contributed by atoms with Crippen LogP contribution >= 0.6 is 15.6 Å². The highest BCUT2D eigenvalue weighted by molar-refractivity contribution is 7.47. The van der Waals surface area contributed by atoms with Crippen molar-refractivity contribution in [3.63, 3.8) is 0 Å². The predicted molar refractivity (Wildman–Crippen MR) is 405 cm³/mol. The van der Waals surface area contributed by atoms with Crippen LogP contribution in [0.5, 0.6) is 0 Å². The first kappa shape index (κ1) is 97.1.